The number of nitrogens with one attached hydrogen (secondary N) is 1. The van der Waals surface area contributed by atoms with Gasteiger partial charge in [-0.15, -0.1) is 0 Å². The lowest BCUT2D eigenvalue weighted by Crippen LogP contribution is -2.38. The van der Waals surface area contributed by atoms with Crippen molar-refractivity contribution in [2.24, 2.45) is 0 Å². The van der Waals surface area contributed by atoms with Gasteiger partial charge < -0.3 is 0 Å². The van der Waals surface area contributed by atoms with E-state index in [1.54, 1.807) is 0 Å². The van der Waals surface area contributed by atoms with Crippen LogP contribution in [0, 0.1) is 4.77 Å². The van der Waals surface area contributed by atoms with E-state index in [0.717, 1.165) is 4.57 Å². The Morgan fingerprint density at radius 2 is 1.47 bits per heavy atom. The van der Waals surface area contributed by atoms with Crippen molar-refractivity contribution < 1.29 is 26.3 Å². The van der Waals surface area contributed by atoms with Crippen LogP contribution in [0.1, 0.15) is 32.5 Å². The fourth-order valence-electron chi connectivity index (χ4n) is 1.63. The Balaban J connectivity index is 3.55. The molecule has 0 bridgehead atoms. The quantitative estimate of drug-likeness (QED) is 0.630. The van der Waals surface area contributed by atoms with Gasteiger partial charge in [-0.3, -0.25) is 9.67 Å². The largest absolute Gasteiger partial charge is 0.407 e. The van der Waals surface area contributed by atoms with Gasteiger partial charge in [-0.25, -0.2) is 0 Å². The Kier molecular flexibility index (Phi) is 3.79. The van der Waals surface area contributed by atoms with Crippen molar-refractivity contribution in [3.8, 4) is 0 Å². The van der Waals surface area contributed by atoms with Crippen molar-refractivity contribution in [1.82, 2.24) is 14.8 Å². The lowest BCUT2D eigenvalue weighted by Gasteiger charge is -2.28. The average molecular weight is 307 g/mol. The van der Waals surface area contributed by atoms with Gasteiger partial charge in [0.15, 0.2) is 10.6 Å². The Hall–Kier alpha value is -1.06. The molecule has 0 saturated heterocycles. The minimum atomic E-state index is -5.50. The molecule has 0 aliphatic heterocycles. The first kappa shape index (κ1) is 16.0. The minimum absolute atomic E-state index is 0.291. The number of alkyl halides is 6. The first-order chi connectivity index (χ1) is 8.26. The monoisotopic (exact) mass is 307 g/mol. The molecule has 1 heterocycles. The zero-order valence-electron chi connectivity index (χ0n) is 10.1. The summed E-state index contributed by atoms with van der Waals surface area (Å²) >= 11 is 4.70. The summed E-state index contributed by atoms with van der Waals surface area (Å²) in [6.07, 6.45) is -11.0. The van der Waals surface area contributed by atoms with Crippen LogP contribution < -0.4 is 0 Å². The minimum Gasteiger partial charge on any atom is -0.298 e. The second kappa shape index (κ2) is 4.50. The second-order valence-corrected chi connectivity index (χ2v) is 5.30. The average Bonchev–Trinajstić information content (AvgIpc) is 2.40. The van der Waals surface area contributed by atoms with Crippen molar-refractivity contribution in [3.63, 3.8) is 0 Å². The van der Waals surface area contributed by atoms with E-state index in [4.69, 9.17) is 12.2 Å². The van der Waals surface area contributed by atoms with Gasteiger partial charge in [-0.1, -0.05) is 0 Å². The molecule has 10 heteroatoms. The Bertz CT molecular complexity index is 490. The number of aromatic nitrogens is 3. The molecule has 0 atom stereocenters. The highest BCUT2D eigenvalue weighted by molar-refractivity contribution is 7.71. The summed E-state index contributed by atoms with van der Waals surface area (Å²) in [6, 6.07) is 0. The predicted molar refractivity (Wildman–Crippen MR) is 57.3 cm³/mol. The van der Waals surface area contributed by atoms with Gasteiger partial charge >= 0.3 is 12.4 Å². The molecule has 0 saturated carbocycles. The fourth-order valence-corrected chi connectivity index (χ4v) is 2.04. The highest BCUT2D eigenvalue weighted by Crippen LogP contribution is 2.46. The van der Waals surface area contributed by atoms with Crippen LogP contribution in [0.5, 0.6) is 0 Å². The predicted octanol–water partition coefficient (Wildman–Crippen LogP) is 3.90. The summed E-state index contributed by atoms with van der Waals surface area (Å²) < 4.78 is 76.4. The normalized spacial score (nSPS) is 14.2. The lowest BCUT2D eigenvalue weighted by molar-refractivity contribution is -0.256. The standard InChI is InChI=1S/C9H11F6N3S/c1-7(2,3)18-5(16-17-6(18)19)4(8(10,11)12)9(13,14)15/h4H,1-3H3,(H,17,19). The van der Waals surface area contributed by atoms with Gasteiger partial charge in [0.05, 0.1) is 0 Å². The van der Waals surface area contributed by atoms with Crippen LogP contribution in [0.3, 0.4) is 0 Å². The maximum absolute atomic E-state index is 12.7. The van der Waals surface area contributed by atoms with Gasteiger partial charge in [0.1, 0.15) is 0 Å². The summed E-state index contributed by atoms with van der Waals surface area (Å²) in [7, 11) is 0. The molecular formula is C9H11F6N3S. The third-order valence-corrected chi connectivity index (χ3v) is 2.56. The van der Waals surface area contributed by atoms with E-state index in [0.29, 0.717) is 0 Å². The smallest absolute Gasteiger partial charge is 0.298 e. The van der Waals surface area contributed by atoms with Crippen LogP contribution >= 0.6 is 12.2 Å². The Morgan fingerprint density at radius 1 is 1.05 bits per heavy atom. The number of rotatable bonds is 1. The van der Waals surface area contributed by atoms with E-state index in [9.17, 15) is 26.3 Å². The summed E-state index contributed by atoms with van der Waals surface area (Å²) in [5.41, 5.74) is -1.06. The molecule has 0 spiro atoms. The van der Waals surface area contributed by atoms with Crippen LogP contribution in [0.4, 0.5) is 26.3 Å². The lowest BCUT2D eigenvalue weighted by atomic mass is 10.0. The third kappa shape index (κ3) is 3.28. The van der Waals surface area contributed by atoms with Gasteiger partial charge in [0.25, 0.3) is 0 Å². The van der Waals surface area contributed by atoms with E-state index >= 15 is 0 Å². The summed E-state index contributed by atoms with van der Waals surface area (Å²) in [5.74, 6) is -4.86. The zero-order valence-corrected chi connectivity index (χ0v) is 11.0. The SMILES string of the molecule is CC(C)(C)n1c(C(C(F)(F)F)C(F)(F)F)n[nH]c1=S. The van der Waals surface area contributed by atoms with Crippen LogP contribution in [0.25, 0.3) is 0 Å². The molecule has 0 aliphatic carbocycles. The van der Waals surface area contributed by atoms with Crippen molar-refractivity contribution in [2.75, 3.05) is 0 Å². The number of hydrogen-bond donors (Lipinski definition) is 1. The van der Waals surface area contributed by atoms with Gasteiger partial charge in [0, 0.05) is 5.54 Å². The molecule has 3 nitrogen and oxygen atoms in total. The van der Waals surface area contributed by atoms with E-state index in [2.05, 4.69) is 5.10 Å². The molecule has 0 unspecified atom stereocenters. The van der Waals surface area contributed by atoms with Crippen LogP contribution in [0.15, 0.2) is 0 Å². The van der Waals surface area contributed by atoms with E-state index in [1.807, 2.05) is 5.10 Å². The van der Waals surface area contributed by atoms with Crippen LogP contribution in [-0.2, 0) is 5.54 Å². The Labute approximate surface area is 109 Å². The summed E-state index contributed by atoms with van der Waals surface area (Å²) in [6.45, 7) is 4.31. The van der Waals surface area contributed by atoms with Gasteiger partial charge in [-0.2, -0.15) is 31.4 Å². The number of H-pyrrole nitrogens is 1. The molecule has 0 aromatic carbocycles. The van der Waals surface area contributed by atoms with E-state index in [-0.39, 0.29) is 4.77 Å². The van der Waals surface area contributed by atoms with Crippen molar-refractivity contribution in [2.45, 2.75) is 44.6 Å². The first-order valence-electron chi connectivity index (χ1n) is 5.07. The molecule has 1 aromatic heterocycles. The number of hydrogen-bond acceptors (Lipinski definition) is 2. The zero-order chi connectivity index (χ0) is 15.2. The van der Waals surface area contributed by atoms with Crippen LogP contribution in [0.2, 0.25) is 0 Å². The number of nitrogens with zero attached hydrogens (tertiary/aromatic N) is 2. The van der Waals surface area contributed by atoms with Crippen molar-refractivity contribution in [3.05, 3.63) is 10.6 Å². The van der Waals surface area contributed by atoms with E-state index in [1.165, 1.54) is 20.8 Å². The molecule has 1 N–H and O–H groups in total. The third-order valence-electron chi connectivity index (χ3n) is 2.28. The summed E-state index contributed by atoms with van der Waals surface area (Å²) in [5, 5.41) is 5.11. The highest BCUT2D eigenvalue weighted by atomic mass is 32.1. The molecular weight excluding hydrogens is 296 g/mol. The molecule has 0 radical (unpaired) electrons. The molecule has 19 heavy (non-hydrogen) atoms. The van der Waals surface area contributed by atoms with Gasteiger partial charge in [0.2, 0.25) is 5.92 Å². The van der Waals surface area contributed by atoms with Crippen LogP contribution in [-0.4, -0.2) is 27.1 Å². The molecule has 0 amide bonds. The molecule has 110 valence electrons. The fraction of sp³-hybridized carbons (Fsp3) is 0.778. The molecule has 0 fully saturated rings. The maximum atomic E-state index is 12.7. The molecule has 1 aromatic rings. The van der Waals surface area contributed by atoms with E-state index < -0.39 is 29.6 Å². The highest BCUT2D eigenvalue weighted by Gasteiger charge is 2.60. The Morgan fingerprint density at radius 3 is 1.79 bits per heavy atom. The van der Waals surface area contributed by atoms with Crippen molar-refractivity contribution in [1.29, 1.82) is 0 Å². The topological polar surface area (TPSA) is 33.6 Å². The van der Waals surface area contributed by atoms with Gasteiger partial charge in [-0.05, 0) is 33.0 Å². The summed E-state index contributed by atoms with van der Waals surface area (Å²) in [4.78, 5) is 0. The molecule has 1 rings (SSSR count). The second-order valence-electron chi connectivity index (χ2n) is 4.91. The maximum Gasteiger partial charge on any atom is 0.407 e. The number of halogens is 6. The molecule has 0 aliphatic rings. The van der Waals surface area contributed by atoms with Crippen molar-refractivity contribution >= 4 is 12.2 Å². The number of aromatic amines is 1. The first-order valence-corrected chi connectivity index (χ1v) is 5.48.